The van der Waals surface area contributed by atoms with Gasteiger partial charge >= 0.3 is 5.97 Å². The van der Waals surface area contributed by atoms with Gasteiger partial charge in [-0.3, -0.25) is 9.69 Å². The van der Waals surface area contributed by atoms with Crippen molar-refractivity contribution >= 4 is 22.8 Å². The second-order valence-electron chi connectivity index (χ2n) is 8.78. The zero-order valence-corrected chi connectivity index (χ0v) is 18.0. The Morgan fingerprint density at radius 1 is 1.03 bits per heavy atom. The topological polar surface area (TPSA) is 69.0 Å². The van der Waals surface area contributed by atoms with Crippen LogP contribution in [0.15, 0.2) is 24.3 Å². The third kappa shape index (κ3) is 4.23. The molecule has 1 N–H and O–H groups in total. The van der Waals surface area contributed by atoms with Crippen LogP contribution in [-0.2, 0) is 18.4 Å². The smallest absolute Gasteiger partial charge is 0.352 e. The maximum absolute atomic E-state index is 13.0. The average Bonchev–Trinajstić information content (AvgIpc) is 2.91. The summed E-state index contributed by atoms with van der Waals surface area (Å²) in [6.07, 6.45) is 2.91. The molecule has 2 saturated heterocycles. The Labute approximate surface area is 177 Å². The number of aromatic nitrogens is 1. The number of amides is 1. The highest BCUT2D eigenvalue weighted by molar-refractivity contribution is 5.95. The quantitative estimate of drug-likeness (QED) is 0.834. The zero-order chi connectivity index (χ0) is 21.3. The Bertz CT molecular complexity index is 930. The lowest BCUT2D eigenvalue weighted by atomic mass is 9.95. The SMILES string of the molecule is CN1CCC(C(=O)N2CCCN(Cc3cccc4cc(C(=O)O)n(C)c34)CC2)CC1. The summed E-state index contributed by atoms with van der Waals surface area (Å²) < 4.78 is 1.78. The normalized spacial score (nSPS) is 19.9. The molecule has 1 aromatic heterocycles. The van der Waals surface area contributed by atoms with E-state index in [1.54, 1.807) is 10.6 Å². The van der Waals surface area contributed by atoms with E-state index in [1.807, 2.05) is 19.2 Å². The molecule has 30 heavy (non-hydrogen) atoms. The largest absolute Gasteiger partial charge is 0.477 e. The molecule has 1 aromatic carbocycles. The molecule has 3 heterocycles. The number of carbonyl (C=O) groups excluding carboxylic acids is 1. The molecule has 0 bridgehead atoms. The number of hydrogen-bond donors (Lipinski definition) is 1. The van der Waals surface area contributed by atoms with E-state index in [1.165, 1.54) is 0 Å². The van der Waals surface area contributed by atoms with Gasteiger partial charge < -0.3 is 19.5 Å². The number of carbonyl (C=O) groups is 2. The Morgan fingerprint density at radius 3 is 2.53 bits per heavy atom. The molecule has 0 aliphatic carbocycles. The van der Waals surface area contributed by atoms with Crippen LogP contribution in [0.1, 0.15) is 35.3 Å². The Balaban J connectivity index is 1.43. The van der Waals surface area contributed by atoms with Crippen LogP contribution in [0.2, 0.25) is 0 Å². The molecule has 7 heteroatoms. The van der Waals surface area contributed by atoms with Crippen molar-refractivity contribution in [2.24, 2.45) is 13.0 Å². The van der Waals surface area contributed by atoms with Crippen molar-refractivity contribution in [3.05, 3.63) is 35.5 Å². The number of aromatic carboxylic acids is 1. The van der Waals surface area contributed by atoms with Gasteiger partial charge in [-0.25, -0.2) is 4.79 Å². The number of fused-ring (bicyclic) bond motifs is 1. The number of aryl methyl sites for hydroxylation is 1. The molecule has 4 rings (SSSR count). The van der Waals surface area contributed by atoms with Gasteiger partial charge in [0.05, 0.1) is 5.52 Å². The van der Waals surface area contributed by atoms with E-state index in [-0.39, 0.29) is 5.92 Å². The van der Waals surface area contributed by atoms with E-state index in [0.29, 0.717) is 11.6 Å². The van der Waals surface area contributed by atoms with Crippen LogP contribution < -0.4 is 0 Å². The molecule has 1 amide bonds. The summed E-state index contributed by atoms with van der Waals surface area (Å²) in [6.45, 7) is 6.19. The third-order valence-corrected chi connectivity index (χ3v) is 6.72. The molecule has 0 spiro atoms. The predicted octanol–water partition coefficient (Wildman–Crippen LogP) is 2.25. The maximum Gasteiger partial charge on any atom is 0.352 e. The van der Waals surface area contributed by atoms with Gasteiger partial charge in [-0.05, 0) is 51.0 Å². The van der Waals surface area contributed by atoms with Crippen LogP contribution in [0.3, 0.4) is 0 Å². The lowest BCUT2D eigenvalue weighted by Crippen LogP contribution is -2.43. The van der Waals surface area contributed by atoms with E-state index in [9.17, 15) is 14.7 Å². The van der Waals surface area contributed by atoms with E-state index in [0.717, 1.165) is 81.5 Å². The fraction of sp³-hybridized carbons (Fsp3) is 0.565. The van der Waals surface area contributed by atoms with Gasteiger partial charge in [0.2, 0.25) is 5.91 Å². The van der Waals surface area contributed by atoms with Crippen LogP contribution in [0, 0.1) is 5.92 Å². The van der Waals surface area contributed by atoms with Gasteiger partial charge in [0.1, 0.15) is 5.69 Å². The fourth-order valence-electron chi connectivity index (χ4n) is 4.94. The van der Waals surface area contributed by atoms with Crippen molar-refractivity contribution in [1.29, 1.82) is 0 Å². The molecular weight excluding hydrogens is 380 g/mol. The molecule has 0 unspecified atom stereocenters. The molecule has 2 fully saturated rings. The highest BCUT2D eigenvalue weighted by Gasteiger charge is 2.28. The minimum absolute atomic E-state index is 0.180. The number of nitrogens with zero attached hydrogens (tertiary/aromatic N) is 4. The number of para-hydroxylation sites is 1. The van der Waals surface area contributed by atoms with Gasteiger partial charge in [0, 0.05) is 51.1 Å². The molecule has 0 radical (unpaired) electrons. The van der Waals surface area contributed by atoms with Crippen molar-refractivity contribution in [3.63, 3.8) is 0 Å². The molecule has 162 valence electrons. The predicted molar refractivity (Wildman–Crippen MR) is 117 cm³/mol. The summed E-state index contributed by atoms with van der Waals surface area (Å²) in [5.74, 6) is -0.391. The Hall–Kier alpha value is -2.38. The third-order valence-electron chi connectivity index (χ3n) is 6.72. The van der Waals surface area contributed by atoms with E-state index < -0.39 is 5.97 Å². The summed E-state index contributed by atoms with van der Waals surface area (Å²) in [4.78, 5) is 31.3. The number of carboxylic acid groups (broad SMARTS) is 1. The van der Waals surface area contributed by atoms with Crippen molar-refractivity contribution in [3.8, 4) is 0 Å². The molecule has 2 aliphatic heterocycles. The number of rotatable bonds is 4. The molecule has 7 nitrogen and oxygen atoms in total. The lowest BCUT2D eigenvalue weighted by Gasteiger charge is -2.32. The number of likely N-dealkylation sites (tertiary alicyclic amines) is 1. The first-order valence-electron chi connectivity index (χ1n) is 10.9. The Kier molecular flexibility index (Phi) is 6.11. The highest BCUT2D eigenvalue weighted by atomic mass is 16.4. The van der Waals surface area contributed by atoms with E-state index in [4.69, 9.17) is 0 Å². The number of hydrogen-bond acceptors (Lipinski definition) is 4. The standard InChI is InChI=1S/C23H32N4O3/c1-24-11-7-17(8-12-24)22(28)27-10-4-9-26(13-14-27)16-19-6-3-5-18-15-20(23(29)30)25(2)21(18)19/h3,5-6,15,17H,4,7-14,16H2,1-2H3,(H,29,30). The second kappa shape index (κ2) is 8.78. The molecule has 2 aromatic rings. The molecule has 0 saturated carbocycles. The minimum atomic E-state index is -0.905. The van der Waals surface area contributed by atoms with Gasteiger partial charge in [0.25, 0.3) is 0 Å². The maximum atomic E-state index is 13.0. The number of carboxylic acids is 1. The Morgan fingerprint density at radius 2 is 1.80 bits per heavy atom. The lowest BCUT2D eigenvalue weighted by molar-refractivity contribution is -0.136. The summed E-state index contributed by atoms with van der Waals surface area (Å²) in [7, 11) is 3.94. The number of benzene rings is 1. The summed E-state index contributed by atoms with van der Waals surface area (Å²) >= 11 is 0. The first-order chi connectivity index (χ1) is 14.4. The highest BCUT2D eigenvalue weighted by Crippen LogP contribution is 2.25. The zero-order valence-electron chi connectivity index (χ0n) is 18.0. The van der Waals surface area contributed by atoms with Gasteiger partial charge in [-0.15, -0.1) is 0 Å². The van der Waals surface area contributed by atoms with Crippen molar-refractivity contribution in [2.75, 3.05) is 46.3 Å². The van der Waals surface area contributed by atoms with Crippen LogP contribution in [0.5, 0.6) is 0 Å². The second-order valence-corrected chi connectivity index (χ2v) is 8.78. The first kappa shape index (κ1) is 20.9. The van der Waals surface area contributed by atoms with E-state index in [2.05, 4.69) is 27.8 Å². The minimum Gasteiger partial charge on any atom is -0.477 e. The summed E-state index contributed by atoms with van der Waals surface area (Å²) in [6, 6.07) is 7.79. The molecular formula is C23H32N4O3. The van der Waals surface area contributed by atoms with Gasteiger partial charge in [-0.2, -0.15) is 0 Å². The molecule has 2 aliphatic rings. The van der Waals surface area contributed by atoms with Crippen molar-refractivity contribution < 1.29 is 14.7 Å². The molecule has 0 atom stereocenters. The first-order valence-corrected chi connectivity index (χ1v) is 10.9. The van der Waals surface area contributed by atoms with Crippen LogP contribution in [0.25, 0.3) is 10.9 Å². The fourth-order valence-corrected chi connectivity index (χ4v) is 4.94. The van der Waals surface area contributed by atoms with Crippen LogP contribution in [0.4, 0.5) is 0 Å². The van der Waals surface area contributed by atoms with Crippen molar-refractivity contribution in [2.45, 2.75) is 25.8 Å². The van der Waals surface area contributed by atoms with Crippen molar-refractivity contribution in [1.82, 2.24) is 19.3 Å². The number of piperidine rings is 1. The van der Waals surface area contributed by atoms with E-state index >= 15 is 0 Å². The summed E-state index contributed by atoms with van der Waals surface area (Å²) in [5.41, 5.74) is 2.43. The monoisotopic (exact) mass is 412 g/mol. The van der Waals surface area contributed by atoms with Crippen LogP contribution in [-0.4, -0.2) is 82.6 Å². The van der Waals surface area contributed by atoms with Gasteiger partial charge in [0.15, 0.2) is 0 Å². The average molecular weight is 413 g/mol. The summed E-state index contributed by atoms with van der Waals surface area (Å²) in [5, 5.41) is 10.4. The van der Waals surface area contributed by atoms with Gasteiger partial charge in [-0.1, -0.05) is 18.2 Å². The van der Waals surface area contributed by atoms with Crippen LogP contribution >= 0.6 is 0 Å².